The largest absolute Gasteiger partial charge is 0.458 e. The van der Waals surface area contributed by atoms with Gasteiger partial charge in [0, 0.05) is 16.7 Å². The predicted octanol–water partition coefficient (Wildman–Crippen LogP) is 2.88. The van der Waals surface area contributed by atoms with Crippen LogP contribution in [0.25, 0.3) is 0 Å². The molecule has 0 heterocycles. The standard InChI is InChI=1S/C18H26O6/c1-8-9-14(23-17(20)12(4)5)15(24-18(21)13(6)7)10-22-16(19)11(2)3/h14-15H,2,4,6,8-10H2,1,3,5,7H3. The van der Waals surface area contributed by atoms with Crippen molar-refractivity contribution in [1.82, 2.24) is 0 Å². The third kappa shape index (κ3) is 7.76. The van der Waals surface area contributed by atoms with Crippen LogP contribution in [0.2, 0.25) is 0 Å². The molecule has 0 spiro atoms. The highest BCUT2D eigenvalue weighted by Gasteiger charge is 2.30. The normalized spacial score (nSPS) is 12.5. The summed E-state index contributed by atoms with van der Waals surface area (Å²) in [7, 11) is 0. The summed E-state index contributed by atoms with van der Waals surface area (Å²) in [5.74, 6) is -1.87. The van der Waals surface area contributed by atoms with Crippen molar-refractivity contribution in [3.8, 4) is 0 Å². The second-order valence-corrected chi connectivity index (χ2v) is 5.62. The third-order valence-electron chi connectivity index (χ3n) is 2.93. The van der Waals surface area contributed by atoms with Crippen LogP contribution in [0.5, 0.6) is 0 Å². The van der Waals surface area contributed by atoms with Crippen molar-refractivity contribution in [2.75, 3.05) is 6.61 Å². The Kier molecular flexibility index (Phi) is 9.38. The van der Waals surface area contributed by atoms with Crippen molar-refractivity contribution in [3.05, 3.63) is 36.5 Å². The lowest BCUT2D eigenvalue weighted by molar-refractivity contribution is -0.171. The SMILES string of the molecule is C=C(C)C(=O)OCC(OC(=O)C(=C)C)C(CCC)OC(=O)C(=C)C. The maximum atomic E-state index is 11.8. The van der Waals surface area contributed by atoms with Gasteiger partial charge in [-0.3, -0.25) is 0 Å². The van der Waals surface area contributed by atoms with Gasteiger partial charge < -0.3 is 14.2 Å². The minimum Gasteiger partial charge on any atom is -0.458 e. The molecule has 24 heavy (non-hydrogen) atoms. The van der Waals surface area contributed by atoms with Crippen molar-refractivity contribution in [2.45, 2.75) is 52.7 Å². The summed E-state index contributed by atoms with van der Waals surface area (Å²) in [6.07, 6.45) is -0.609. The van der Waals surface area contributed by atoms with Crippen molar-refractivity contribution >= 4 is 17.9 Å². The minimum absolute atomic E-state index is 0.188. The summed E-state index contributed by atoms with van der Waals surface area (Å²) in [5, 5.41) is 0. The maximum Gasteiger partial charge on any atom is 0.333 e. The first kappa shape index (κ1) is 21.6. The number of hydrogen-bond donors (Lipinski definition) is 0. The highest BCUT2D eigenvalue weighted by molar-refractivity contribution is 5.88. The number of rotatable bonds is 10. The van der Waals surface area contributed by atoms with Gasteiger partial charge in [-0.1, -0.05) is 33.1 Å². The van der Waals surface area contributed by atoms with Gasteiger partial charge in [0.1, 0.15) is 12.7 Å². The van der Waals surface area contributed by atoms with Gasteiger partial charge >= 0.3 is 17.9 Å². The number of carbonyl (C=O) groups excluding carboxylic acids is 3. The molecule has 0 radical (unpaired) electrons. The van der Waals surface area contributed by atoms with Crippen LogP contribution >= 0.6 is 0 Å². The molecule has 0 rings (SSSR count). The molecule has 0 N–H and O–H groups in total. The van der Waals surface area contributed by atoms with Crippen molar-refractivity contribution in [2.24, 2.45) is 0 Å². The van der Waals surface area contributed by atoms with E-state index in [1.54, 1.807) is 0 Å². The number of carbonyl (C=O) groups is 3. The van der Waals surface area contributed by atoms with Crippen LogP contribution in [0, 0.1) is 0 Å². The highest BCUT2D eigenvalue weighted by atomic mass is 16.6. The second-order valence-electron chi connectivity index (χ2n) is 5.62. The van der Waals surface area contributed by atoms with Crippen LogP contribution in [-0.2, 0) is 28.6 Å². The fourth-order valence-electron chi connectivity index (χ4n) is 1.58. The molecule has 134 valence electrons. The average Bonchev–Trinajstić information content (AvgIpc) is 2.49. The molecule has 0 aliphatic heterocycles. The summed E-state index contributed by atoms with van der Waals surface area (Å²) in [4.78, 5) is 35.2. The minimum atomic E-state index is -0.944. The molecule has 2 unspecified atom stereocenters. The first-order valence-corrected chi connectivity index (χ1v) is 7.65. The van der Waals surface area contributed by atoms with E-state index in [1.807, 2.05) is 6.92 Å². The van der Waals surface area contributed by atoms with Gasteiger partial charge in [-0.05, 0) is 27.2 Å². The van der Waals surface area contributed by atoms with E-state index in [-0.39, 0.29) is 23.3 Å². The summed E-state index contributed by atoms with van der Waals surface area (Å²) in [6, 6.07) is 0. The maximum absolute atomic E-state index is 11.8. The Labute approximate surface area is 143 Å². The van der Waals surface area contributed by atoms with Gasteiger partial charge in [0.05, 0.1) is 0 Å². The Bertz CT molecular complexity index is 532. The summed E-state index contributed by atoms with van der Waals surface area (Å²) in [5.41, 5.74) is 0.624. The third-order valence-corrected chi connectivity index (χ3v) is 2.93. The molecular formula is C18H26O6. The van der Waals surface area contributed by atoms with E-state index in [1.165, 1.54) is 20.8 Å². The van der Waals surface area contributed by atoms with Crippen molar-refractivity contribution in [1.29, 1.82) is 0 Å². The quantitative estimate of drug-likeness (QED) is 0.346. The predicted molar refractivity (Wildman–Crippen MR) is 90.1 cm³/mol. The molecule has 0 saturated heterocycles. The van der Waals surface area contributed by atoms with Crippen molar-refractivity contribution in [3.63, 3.8) is 0 Å². The number of ether oxygens (including phenoxy) is 3. The van der Waals surface area contributed by atoms with Crippen LogP contribution in [-0.4, -0.2) is 36.7 Å². The van der Waals surface area contributed by atoms with E-state index in [2.05, 4.69) is 19.7 Å². The zero-order chi connectivity index (χ0) is 18.9. The molecule has 0 bridgehead atoms. The van der Waals surface area contributed by atoms with Crippen LogP contribution in [0.3, 0.4) is 0 Å². The van der Waals surface area contributed by atoms with Gasteiger partial charge in [0.2, 0.25) is 0 Å². The lowest BCUT2D eigenvalue weighted by Gasteiger charge is -2.26. The fourth-order valence-corrected chi connectivity index (χ4v) is 1.58. The molecule has 6 nitrogen and oxygen atoms in total. The van der Waals surface area contributed by atoms with E-state index in [0.717, 1.165) is 0 Å². The van der Waals surface area contributed by atoms with Gasteiger partial charge in [-0.25, -0.2) is 14.4 Å². The second kappa shape index (κ2) is 10.4. The van der Waals surface area contributed by atoms with E-state index in [9.17, 15) is 14.4 Å². The van der Waals surface area contributed by atoms with E-state index >= 15 is 0 Å². The van der Waals surface area contributed by atoms with Crippen molar-refractivity contribution < 1.29 is 28.6 Å². The Morgan fingerprint density at radius 2 is 1.21 bits per heavy atom. The Balaban J connectivity index is 5.24. The van der Waals surface area contributed by atoms with Crippen LogP contribution in [0.1, 0.15) is 40.5 Å². The molecular weight excluding hydrogens is 312 g/mol. The fraction of sp³-hybridized carbons (Fsp3) is 0.500. The van der Waals surface area contributed by atoms with Crippen LogP contribution in [0.15, 0.2) is 36.5 Å². The number of esters is 3. The molecule has 0 aromatic heterocycles. The highest BCUT2D eigenvalue weighted by Crippen LogP contribution is 2.16. The van der Waals surface area contributed by atoms with Crippen LogP contribution in [0.4, 0.5) is 0 Å². The first-order valence-electron chi connectivity index (χ1n) is 7.65. The van der Waals surface area contributed by atoms with Crippen LogP contribution < -0.4 is 0 Å². The van der Waals surface area contributed by atoms with E-state index < -0.39 is 30.1 Å². The topological polar surface area (TPSA) is 78.9 Å². The number of hydrogen-bond acceptors (Lipinski definition) is 6. The molecule has 0 amide bonds. The molecule has 0 fully saturated rings. The van der Waals surface area contributed by atoms with E-state index in [4.69, 9.17) is 14.2 Å². The monoisotopic (exact) mass is 338 g/mol. The van der Waals surface area contributed by atoms with Gasteiger partial charge in [-0.2, -0.15) is 0 Å². The van der Waals surface area contributed by atoms with E-state index in [0.29, 0.717) is 12.8 Å². The zero-order valence-electron chi connectivity index (χ0n) is 14.8. The summed E-state index contributed by atoms with van der Waals surface area (Å²) in [6.45, 7) is 16.7. The van der Waals surface area contributed by atoms with Gasteiger partial charge in [0.15, 0.2) is 6.10 Å². The Morgan fingerprint density at radius 1 is 0.792 bits per heavy atom. The lowest BCUT2D eigenvalue weighted by atomic mass is 10.1. The summed E-state index contributed by atoms with van der Waals surface area (Å²) < 4.78 is 15.7. The molecule has 6 heteroatoms. The Hall–Kier alpha value is -2.37. The average molecular weight is 338 g/mol. The van der Waals surface area contributed by atoms with Gasteiger partial charge in [-0.15, -0.1) is 0 Å². The molecule has 0 aliphatic rings. The first-order chi connectivity index (χ1) is 11.1. The molecule has 2 atom stereocenters. The molecule has 0 aromatic carbocycles. The van der Waals surface area contributed by atoms with Gasteiger partial charge in [0.25, 0.3) is 0 Å². The molecule has 0 aliphatic carbocycles. The zero-order valence-corrected chi connectivity index (χ0v) is 14.8. The molecule has 0 saturated carbocycles. The smallest absolute Gasteiger partial charge is 0.333 e. The molecule has 0 aromatic rings. The Morgan fingerprint density at radius 3 is 1.58 bits per heavy atom. The summed E-state index contributed by atoms with van der Waals surface area (Å²) >= 11 is 0. The lowest BCUT2D eigenvalue weighted by Crippen LogP contribution is -2.39.